The van der Waals surface area contributed by atoms with E-state index in [-0.39, 0.29) is 5.91 Å². The van der Waals surface area contributed by atoms with Crippen molar-refractivity contribution >= 4 is 22.4 Å². The maximum Gasteiger partial charge on any atom is 0.276 e. The van der Waals surface area contributed by atoms with Gasteiger partial charge in [-0.05, 0) is 25.7 Å². The van der Waals surface area contributed by atoms with E-state index in [0.29, 0.717) is 10.8 Å². The number of amides is 1. The first-order valence-corrected chi connectivity index (χ1v) is 6.76. The van der Waals surface area contributed by atoms with Gasteiger partial charge in [-0.3, -0.25) is 10.1 Å². The SMILES string of the molecule is O=C(Nc1nccs1)c1ncnc2c1CCCC2. The number of aryl methyl sites for hydroxylation is 1. The van der Waals surface area contributed by atoms with Gasteiger partial charge in [-0.15, -0.1) is 11.3 Å². The second kappa shape index (κ2) is 4.81. The van der Waals surface area contributed by atoms with E-state index in [1.54, 1.807) is 6.20 Å². The highest BCUT2D eigenvalue weighted by Crippen LogP contribution is 2.22. The van der Waals surface area contributed by atoms with Gasteiger partial charge in [-0.2, -0.15) is 0 Å². The third kappa shape index (κ3) is 2.11. The van der Waals surface area contributed by atoms with Gasteiger partial charge in [-0.25, -0.2) is 15.0 Å². The predicted molar refractivity (Wildman–Crippen MR) is 68.7 cm³/mol. The lowest BCUT2D eigenvalue weighted by molar-refractivity contribution is 0.102. The Bertz CT molecular complexity index is 567. The fourth-order valence-corrected chi connectivity index (χ4v) is 2.68. The number of fused-ring (bicyclic) bond motifs is 1. The Kier molecular flexibility index (Phi) is 3.02. The average Bonchev–Trinajstić information content (AvgIpc) is 2.91. The first-order chi connectivity index (χ1) is 8.84. The number of nitrogens with one attached hydrogen (secondary N) is 1. The zero-order chi connectivity index (χ0) is 12.4. The summed E-state index contributed by atoms with van der Waals surface area (Å²) in [6.45, 7) is 0. The summed E-state index contributed by atoms with van der Waals surface area (Å²) in [6.07, 6.45) is 7.19. The van der Waals surface area contributed by atoms with Crippen molar-refractivity contribution in [2.75, 3.05) is 5.32 Å². The van der Waals surface area contributed by atoms with E-state index in [1.807, 2.05) is 5.38 Å². The molecule has 92 valence electrons. The normalized spacial score (nSPS) is 14.0. The van der Waals surface area contributed by atoms with Crippen LogP contribution >= 0.6 is 11.3 Å². The highest BCUT2D eigenvalue weighted by atomic mass is 32.1. The Morgan fingerprint density at radius 3 is 2.94 bits per heavy atom. The second-order valence-corrected chi connectivity index (χ2v) is 5.04. The molecular formula is C12H12N4OS. The van der Waals surface area contributed by atoms with Crippen LogP contribution in [-0.4, -0.2) is 20.9 Å². The summed E-state index contributed by atoms with van der Waals surface area (Å²) >= 11 is 1.40. The number of carbonyl (C=O) groups is 1. The quantitative estimate of drug-likeness (QED) is 0.897. The maximum absolute atomic E-state index is 12.1. The van der Waals surface area contributed by atoms with Crippen molar-refractivity contribution in [2.45, 2.75) is 25.7 Å². The highest BCUT2D eigenvalue weighted by Gasteiger charge is 2.20. The van der Waals surface area contributed by atoms with Crippen molar-refractivity contribution in [2.24, 2.45) is 0 Å². The van der Waals surface area contributed by atoms with E-state index in [4.69, 9.17) is 0 Å². The fraction of sp³-hybridized carbons (Fsp3) is 0.333. The molecule has 0 fully saturated rings. The summed E-state index contributed by atoms with van der Waals surface area (Å²) in [5.74, 6) is -0.189. The lowest BCUT2D eigenvalue weighted by Crippen LogP contribution is -2.19. The van der Waals surface area contributed by atoms with Crippen LogP contribution in [0.15, 0.2) is 17.9 Å². The highest BCUT2D eigenvalue weighted by molar-refractivity contribution is 7.13. The first-order valence-electron chi connectivity index (χ1n) is 5.88. The Hall–Kier alpha value is -1.82. The zero-order valence-electron chi connectivity index (χ0n) is 9.72. The number of carbonyl (C=O) groups excluding carboxylic acids is 1. The van der Waals surface area contributed by atoms with Gasteiger partial charge in [0.2, 0.25) is 0 Å². The number of thiazole rings is 1. The number of hydrogen-bond acceptors (Lipinski definition) is 5. The molecule has 2 aromatic heterocycles. The Morgan fingerprint density at radius 2 is 2.11 bits per heavy atom. The molecule has 1 amide bonds. The summed E-state index contributed by atoms with van der Waals surface area (Å²) in [7, 11) is 0. The largest absolute Gasteiger partial charge is 0.296 e. The molecule has 0 atom stereocenters. The summed E-state index contributed by atoms with van der Waals surface area (Å²) in [4.78, 5) is 24.6. The summed E-state index contributed by atoms with van der Waals surface area (Å²) in [5, 5.41) is 5.19. The van der Waals surface area contributed by atoms with Crippen LogP contribution in [0.25, 0.3) is 0 Å². The van der Waals surface area contributed by atoms with Crippen LogP contribution in [0, 0.1) is 0 Å². The predicted octanol–water partition coefficient (Wildman–Crippen LogP) is 2.06. The van der Waals surface area contributed by atoms with E-state index in [9.17, 15) is 4.79 Å². The third-order valence-electron chi connectivity index (χ3n) is 2.99. The van der Waals surface area contributed by atoms with E-state index < -0.39 is 0 Å². The second-order valence-electron chi connectivity index (χ2n) is 4.15. The van der Waals surface area contributed by atoms with Crippen LogP contribution < -0.4 is 5.32 Å². The van der Waals surface area contributed by atoms with Crippen molar-refractivity contribution in [1.82, 2.24) is 15.0 Å². The minimum Gasteiger partial charge on any atom is -0.296 e. The molecule has 0 saturated heterocycles. The lowest BCUT2D eigenvalue weighted by Gasteiger charge is -2.16. The zero-order valence-corrected chi connectivity index (χ0v) is 10.5. The number of hydrogen-bond donors (Lipinski definition) is 1. The van der Waals surface area contributed by atoms with Crippen LogP contribution in [-0.2, 0) is 12.8 Å². The minimum absolute atomic E-state index is 0.189. The molecule has 0 aromatic carbocycles. The molecule has 1 N–H and O–H groups in total. The number of nitrogens with zero attached hydrogens (tertiary/aromatic N) is 3. The summed E-state index contributed by atoms with van der Waals surface area (Å²) < 4.78 is 0. The van der Waals surface area contributed by atoms with E-state index >= 15 is 0 Å². The monoisotopic (exact) mass is 260 g/mol. The van der Waals surface area contributed by atoms with Crippen molar-refractivity contribution in [3.8, 4) is 0 Å². The molecule has 6 heteroatoms. The van der Waals surface area contributed by atoms with Crippen molar-refractivity contribution in [1.29, 1.82) is 0 Å². The van der Waals surface area contributed by atoms with Crippen molar-refractivity contribution in [3.05, 3.63) is 34.9 Å². The molecule has 0 aliphatic heterocycles. The third-order valence-corrected chi connectivity index (χ3v) is 3.68. The maximum atomic E-state index is 12.1. The molecule has 2 aromatic rings. The molecule has 0 unspecified atom stereocenters. The van der Waals surface area contributed by atoms with Gasteiger partial charge in [0, 0.05) is 22.8 Å². The topological polar surface area (TPSA) is 67.8 Å². The van der Waals surface area contributed by atoms with Gasteiger partial charge in [0.05, 0.1) is 0 Å². The first kappa shape index (κ1) is 11.3. The standard InChI is InChI=1S/C12H12N4OS/c17-11(16-12-13-5-6-18-12)10-8-3-1-2-4-9(8)14-7-15-10/h5-7H,1-4H2,(H,13,16,17). The Balaban J connectivity index is 1.89. The molecule has 1 aliphatic carbocycles. The molecule has 1 aliphatic rings. The number of rotatable bonds is 2. The number of aromatic nitrogens is 3. The molecule has 18 heavy (non-hydrogen) atoms. The van der Waals surface area contributed by atoms with E-state index in [0.717, 1.165) is 36.9 Å². The molecule has 0 bridgehead atoms. The van der Waals surface area contributed by atoms with Crippen LogP contribution in [0.1, 0.15) is 34.6 Å². The molecule has 5 nitrogen and oxygen atoms in total. The van der Waals surface area contributed by atoms with Crippen LogP contribution in [0.3, 0.4) is 0 Å². The molecule has 0 spiro atoms. The average molecular weight is 260 g/mol. The molecule has 0 radical (unpaired) electrons. The van der Waals surface area contributed by atoms with Gasteiger partial charge in [-0.1, -0.05) is 0 Å². The van der Waals surface area contributed by atoms with Gasteiger partial charge in [0.15, 0.2) is 5.13 Å². The van der Waals surface area contributed by atoms with Crippen LogP contribution in [0.5, 0.6) is 0 Å². The van der Waals surface area contributed by atoms with Gasteiger partial charge in [0.25, 0.3) is 5.91 Å². The van der Waals surface area contributed by atoms with E-state index in [1.165, 1.54) is 17.7 Å². The van der Waals surface area contributed by atoms with Crippen LogP contribution in [0.4, 0.5) is 5.13 Å². The fourth-order valence-electron chi connectivity index (χ4n) is 2.16. The van der Waals surface area contributed by atoms with Crippen LogP contribution in [0.2, 0.25) is 0 Å². The lowest BCUT2D eigenvalue weighted by atomic mass is 9.94. The molecule has 3 rings (SSSR count). The molecular weight excluding hydrogens is 248 g/mol. The van der Waals surface area contributed by atoms with Gasteiger partial charge >= 0.3 is 0 Å². The summed E-state index contributed by atoms with van der Waals surface area (Å²) in [6, 6.07) is 0. The molecule has 2 heterocycles. The van der Waals surface area contributed by atoms with Crippen molar-refractivity contribution in [3.63, 3.8) is 0 Å². The smallest absolute Gasteiger partial charge is 0.276 e. The number of anilines is 1. The van der Waals surface area contributed by atoms with Crippen molar-refractivity contribution < 1.29 is 4.79 Å². The van der Waals surface area contributed by atoms with Gasteiger partial charge < -0.3 is 0 Å². The minimum atomic E-state index is -0.189. The summed E-state index contributed by atoms with van der Waals surface area (Å²) in [5.41, 5.74) is 2.51. The Labute approximate surface area is 108 Å². The van der Waals surface area contributed by atoms with E-state index in [2.05, 4.69) is 20.3 Å². The van der Waals surface area contributed by atoms with Gasteiger partial charge in [0.1, 0.15) is 12.0 Å². The molecule has 0 saturated carbocycles. The Morgan fingerprint density at radius 1 is 1.22 bits per heavy atom.